The van der Waals surface area contributed by atoms with Gasteiger partial charge in [0.05, 0.1) is 10.6 Å². The molecule has 3 aromatic rings. The third kappa shape index (κ3) is 4.71. The van der Waals surface area contributed by atoms with Gasteiger partial charge < -0.3 is 4.57 Å². The fourth-order valence-electron chi connectivity index (χ4n) is 2.62. The maximum absolute atomic E-state index is 12.5. The molecule has 1 amide bonds. The highest BCUT2D eigenvalue weighted by Crippen LogP contribution is 2.28. The van der Waals surface area contributed by atoms with E-state index >= 15 is 0 Å². The normalized spacial score (nSPS) is 11.2. The Balaban J connectivity index is 1.88. The number of hydrogen-bond donors (Lipinski definition) is 1. The van der Waals surface area contributed by atoms with Gasteiger partial charge in [0.1, 0.15) is 21.7 Å². The van der Waals surface area contributed by atoms with Gasteiger partial charge in [0.15, 0.2) is 0 Å². The topological polar surface area (TPSA) is 127 Å². The van der Waals surface area contributed by atoms with Crippen molar-refractivity contribution in [2.75, 3.05) is 5.32 Å². The van der Waals surface area contributed by atoms with E-state index in [9.17, 15) is 20.2 Å². The monoisotopic (exact) mass is 442 g/mol. The number of halogens is 1. The van der Waals surface area contributed by atoms with Gasteiger partial charge in [-0.05, 0) is 36.8 Å². The van der Waals surface area contributed by atoms with Crippen LogP contribution < -0.4 is 5.32 Å². The van der Waals surface area contributed by atoms with Gasteiger partial charge in [0, 0.05) is 24.4 Å². The number of aryl methyl sites for hydroxylation is 1. The van der Waals surface area contributed by atoms with Crippen LogP contribution in [0, 0.1) is 21.4 Å². The molecule has 11 heteroatoms. The number of amides is 1. The van der Waals surface area contributed by atoms with Gasteiger partial charge in [-0.1, -0.05) is 29.9 Å². The lowest BCUT2D eigenvalue weighted by Gasteiger charge is -2.08. The van der Waals surface area contributed by atoms with Crippen molar-refractivity contribution in [1.29, 1.82) is 5.26 Å². The van der Waals surface area contributed by atoms with Crippen LogP contribution in [0.2, 0.25) is 5.02 Å². The number of benzene rings is 1. The summed E-state index contributed by atoms with van der Waals surface area (Å²) in [5.41, 5.74) is 0.566. The highest BCUT2D eigenvalue weighted by atomic mass is 35.5. The van der Waals surface area contributed by atoms with E-state index < -0.39 is 10.8 Å². The average molecular weight is 443 g/mol. The Morgan fingerprint density at radius 3 is 2.93 bits per heavy atom. The smallest absolute Gasteiger partial charge is 0.289 e. The fraction of sp³-hybridized carbons (Fsp3) is 0.158. The van der Waals surface area contributed by atoms with Crippen molar-refractivity contribution in [1.82, 2.24) is 14.8 Å². The molecule has 0 atom stereocenters. The molecule has 0 saturated carbocycles. The first-order valence-corrected chi connectivity index (χ1v) is 9.99. The number of carbonyl (C=O) groups excluding carboxylic acids is 1. The Bertz CT molecular complexity index is 1180. The quantitative estimate of drug-likeness (QED) is 0.250. The molecular formula is C19H15ClN6O3S. The minimum absolute atomic E-state index is 0.0181. The zero-order valence-corrected chi connectivity index (χ0v) is 17.3. The minimum Gasteiger partial charge on any atom is -0.317 e. The first-order valence-electron chi connectivity index (χ1n) is 8.80. The van der Waals surface area contributed by atoms with Crippen molar-refractivity contribution in [2.24, 2.45) is 0 Å². The van der Waals surface area contributed by atoms with Crippen molar-refractivity contribution in [3.8, 4) is 11.8 Å². The van der Waals surface area contributed by atoms with E-state index in [0.29, 0.717) is 16.5 Å². The predicted molar refractivity (Wildman–Crippen MR) is 114 cm³/mol. The first-order chi connectivity index (χ1) is 14.4. The lowest BCUT2D eigenvalue weighted by atomic mass is 10.2. The van der Waals surface area contributed by atoms with Crippen LogP contribution in [0.5, 0.6) is 0 Å². The molecule has 2 heterocycles. The summed E-state index contributed by atoms with van der Waals surface area (Å²) in [6.45, 7) is 2.01. The van der Waals surface area contributed by atoms with E-state index in [1.165, 1.54) is 29.5 Å². The molecule has 0 unspecified atom stereocenters. The highest BCUT2D eigenvalue weighted by molar-refractivity contribution is 7.15. The Kier molecular flexibility index (Phi) is 6.56. The molecule has 3 rings (SSSR count). The number of carbonyl (C=O) groups is 1. The van der Waals surface area contributed by atoms with Crippen molar-refractivity contribution in [3.05, 3.63) is 67.9 Å². The molecule has 0 aliphatic heterocycles. The number of hydrogen-bond acceptors (Lipinski definition) is 7. The van der Waals surface area contributed by atoms with E-state index in [0.717, 1.165) is 17.8 Å². The van der Waals surface area contributed by atoms with Gasteiger partial charge >= 0.3 is 0 Å². The minimum atomic E-state index is -0.619. The number of nitrogens with one attached hydrogen (secondary N) is 1. The molecule has 0 saturated heterocycles. The van der Waals surface area contributed by atoms with Crippen molar-refractivity contribution in [3.63, 3.8) is 0 Å². The molecule has 152 valence electrons. The summed E-state index contributed by atoms with van der Waals surface area (Å²) in [4.78, 5) is 23.1. The third-order valence-corrected chi connectivity index (χ3v) is 5.21. The molecular weight excluding hydrogens is 428 g/mol. The number of nitriles is 1. The number of anilines is 1. The lowest BCUT2D eigenvalue weighted by molar-refractivity contribution is -0.384. The second-order valence-corrected chi connectivity index (χ2v) is 7.54. The van der Waals surface area contributed by atoms with Crippen LogP contribution >= 0.6 is 22.9 Å². The standard InChI is InChI=1S/C19H15ClN6O3S/c1-2-4-17-23-24-19(30-17)22-18(27)12(11-21)9-13-5-3-8-25(13)14-6-7-15(20)16(10-14)26(28)29/h3,5-10H,2,4H2,1H3,(H,22,24,27)/b12-9-. The molecule has 2 aromatic heterocycles. The summed E-state index contributed by atoms with van der Waals surface area (Å²) >= 11 is 7.13. The average Bonchev–Trinajstić information content (AvgIpc) is 3.36. The van der Waals surface area contributed by atoms with Gasteiger partial charge in [-0.2, -0.15) is 5.26 Å². The van der Waals surface area contributed by atoms with Crippen LogP contribution in [-0.4, -0.2) is 25.6 Å². The molecule has 1 aromatic carbocycles. The molecule has 1 N–H and O–H groups in total. The van der Waals surface area contributed by atoms with Crippen molar-refractivity contribution in [2.45, 2.75) is 19.8 Å². The van der Waals surface area contributed by atoms with Crippen LogP contribution in [0.3, 0.4) is 0 Å². The van der Waals surface area contributed by atoms with E-state index in [1.54, 1.807) is 29.0 Å². The second kappa shape index (κ2) is 9.30. The largest absolute Gasteiger partial charge is 0.317 e. The zero-order chi connectivity index (χ0) is 21.7. The number of nitrogens with zero attached hydrogens (tertiary/aromatic N) is 5. The Hall–Kier alpha value is -3.55. The third-order valence-electron chi connectivity index (χ3n) is 3.99. The van der Waals surface area contributed by atoms with Gasteiger partial charge in [-0.15, -0.1) is 10.2 Å². The Morgan fingerprint density at radius 2 is 2.23 bits per heavy atom. The van der Waals surface area contributed by atoms with Crippen LogP contribution in [0.1, 0.15) is 24.0 Å². The lowest BCUT2D eigenvalue weighted by Crippen LogP contribution is -2.13. The van der Waals surface area contributed by atoms with E-state index in [4.69, 9.17) is 11.6 Å². The summed E-state index contributed by atoms with van der Waals surface area (Å²) in [5.74, 6) is -0.619. The second-order valence-electron chi connectivity index (χ2n) is 6.07. The maximum Gasteiger partial charge on any atom is 0.289 e. The van der Waals surface area contributed by atoms with Crippen LogP contribution in [0.15, 0.2) is 42.1 Å². The molecule has 9 nitrogen and oxygen atoms in total. The van der Waals surface area contributed by atoms with Crippen LogP contribution in [-0.2, 0) is 11.2 Å². The van der Waals surface area contributed by atoms with Gasteiger partial charge in [-0.3, -0.25) is 20.2 Å². The molecule has 0 spiro atoms. The van der Waals surface area contributed by atoms with Gasteiger partial charge in [-0.25, -0.2) is 0 Å². The summed E-state index contributed by atoms with van der Waals surface area (Å²) in [6.07, 6.45) is 4.72. The van der Waals surface area contributed by atoms with E-state index in [1.807, 2.05) is 13.0 Å². The Labute approximate surface area is 180 Å². The highest BCUT2D eigenvalue weighted by Gasteiger charge is 2.16. The van der Waals surface area contributed by atoms with Gasteiger partial charge in [0.2, 0.25) is 5.13 Å². The van der Waals surface area contributed by atoms with Crippen molar-refractivity contribution < 1.29 is 9.72 Å². The van der Waals surface area contributed by atoms with E-state index in [2.05, 4.69) is 15.5 Å². The van der Waals surface area contributed by atoms with Crippen molar-refractivity contribution >= 4 is 45.7 Å². The zero-order valence-electron chi connectivity index (χ0n) is 15.7. The van der Waals surface area contributed by atoms with E-state index in [-0.39, 0.29) is 16.3 Å². The number of rotatable bonds is 7. The number of nitro groups is 1. The summed E-state index contributed by atoms with van der Waals surface area (Å²) in [5, 5.41) is 32.2. The molecule has 0 aliphatic rings. The SMILES string of the molecule is CCCc1nnc(NC(=O)/C(C#N)=C\c2cccn2-c2ccc(Cl)c([N+](=O)[O-])c2)s1. The molecule has 0 bridgehead atoms. The number of nitro benzene ring substituents is 1. The molecule has 0 radical (unpaired) electrons. The fourth-order valence-corrected chi connectivity index (χ4v) is 3.64. The summed E-state index contributed by atoms with van der Waals surface area (Å²) in [6, 6.07) is 9.59. The van der Waals surface area contributed by atoms with Gasteiger partial charge in [0.25, 0.3) is 11.6 Å². The Morgan fingerprint density at radius 1 is 1.43 bits per heavy atom. The predicted octanol–water partition coefficient (Wildman–Crippen LogP) is 4.39. The molecule has 0 fully saturated rings. The first kappa shape index (κ1) is 21.2. The molecule has 0 aliphatic carbocycles. The van der Waals surface area contributed by atoms with Crippen LogP contribution in [0.25, 0.3) is 11.8 Å². The summed E-state index contributed by atoms with van der Waals surface area (Å²) < 4.78 is 1.61. The van der Waals surface area contributed by atoms with Crippen LogP contribution in [0.4, 0.5) is 10.8 Å². The summed E-state index contributed by atoms with van der Waals surface area (Å²) in [7, 11) is 0. The molecule has 30 heavy (non-hydrogen) atoms. The number of aromatic nitrogens is 3. The maximum atomic E-state index is 12.5.